The van der Waals surface area contributed by atoms with Gasteiger partial charge in [-0.3, -0.25) is 9.80 Å². The predicted molar refractivity (Wildman–Crippen MR) is 205 cm³/mol. The number of benzene rings is 2. The number of halogens is 18. The summed E-state index contributed by atoms with van der Waals surface area (Å²) >= 11 is 0. The lowest BCUT2D eigenvalue weighted by atomic mass is 10.1. The molecule has 0 aliphatic carbocycles. The van der Waals surface area contributed by atoms with E-state index < -0.39 is 61.5 Å². The quantitative estimate of drug-likeness (QED) is 0.237. The minimum atomic E-state index is -5.83. The number of aliphatic hydroxyl groups is 1. The molecule has 388 valence electrons. The molecule has 29 heteroatoms. The number of alkyl halides is 18. The van der Waals surface area contributed by atoms with Crippen molar-refractivity contribution in [1.29, 1.82) is 0 Å². The first-order chi connectivity index (χ1) is 31.3. The molecule has 4 heterocycles. The molecule has 4 aliphatic rings. The smallest absolute Gasteiger partial charge is 0.426 e. The van der Waals surface area contributed by atoms with Crippen LogP contribution in [-0.4, -0.2) is 154 Å². The molecule has 6 rings (SSSR count). The molecule has 0 unspecified atom stereocenters. The third kappa shape index (κ3) is 18.1. The molecule has 0 bridgehead atoms. The minimum Gasteiger partial charge on any atom is -0.426 e. The number of hydrogen-bond donors (Lipinski definition) is 2. The number of hydrogen-bond acceptors (Lipinski definition) is 10. The molecule has 4 saturated heterocycles. The molecule has 11 nitrogen and oxygen atoms in total. The van der Waals surface area contributed by atoms with Gasteiger partial charge < -0.3 is 39.3 Å². The molecule has 0 spiro atoms. The molecule has 68 heavy (non-hydrogen) atoms. The summed E-state index contributed by atoms with van der Waals surface area (Å²) in [4.78, 5) is 20.3. The van der Waals surface area contributed by atoms with Crippen molar-refractivity contribution in [2.24, 2.45) is 0 Å². The van der Waals surface area contributed by atoms with E-state index in [1.807, 2.05) is 11.0 Å². The van der Waals surface area contributed by atoms with Gasteiger partial charge in [0.2, 0.25) is 6.10 Å². The van der Waals surface area contributed by atoms with Crippen LogP contribution in [0.4, 0.5) is 95.2 Å². The van der Waals surface area contributed by atoms with Gasteiger partial charge in [0.1, 0.15) is 11.5 Å². The van der Waals surface area contributed by atoms with E-state index in [1.165, 1.54) is 18.2 Å². The summed E-state index contributed by atoms with van der Waals surface area (Å²) < 4.78 is 231. The third-order valence-electron chi connectivity index (χ3n) is 10.6. The number of piperazine rings is 2. The largest absolute Gasteiger partial charge is 0.573 e. The number of ether oxygens (including phenoxy) is 3. The Morgan fingerprint density at radius 3 is 1.22 bits per heavy atom. The highest BCUT2D eigenvalue weighted by molar-refractivity contribution is 5.68. The summed E-state index contributed by atoms with van der Waals surface area (Å²) in [5.41, 5.74) is 2.16. The van der Waals surface area contributed by atoms with Gasteiger partial charge in [-0.15, -0.1) is 26.3 Å². The van der Waals surface area contributed by atoms with Crippen LogP contribution in [0.5, 0.6) is 11.5 Å². The first-order valence-corrected chi connectivity index (χ1v) is 20.6. The first kappa shape index (κ1) is 56.1. The number of nitrogens with zero attached hydrogens (tertiary/aromatic N) is 5. The molecule has 0 aromatic heterocycles. The maximum absolute atomic E-state index is 13.0. The normalized spacial score (nSPS) is 18.3. The number of nitrogens with one attached hydrogen (secondary N) is 1. The zero-order valence-electron chi connectivity index (χ0n) is 35.5. The zero-order valence-corrected chi connectivity index (χ0v) is 35.5. The molecule has 2 N–H and O–H groups in total. The highest BCUT2D eigenvalue weighted by atomic mass is 19.4. The summed E-state index contributed by atoms with van der Waals surface area (Å²) in [6.45, 7) is 6.43. The van der Waals surface area contributed by atoms with Crippen LogP contribution < -0.4 is 24.6 Å². The Morgan fingerprint density at radius 2 is 0.897 bits per heavy atom. The molecule has 4 aliphatic heterocycles. The lowest BCUT2D eigenvalue weighted by Gasteiger charge is -2.35. The Morgan fingerprint density at radius 1 is 0.529 bits per heavy atom. The van der Waals surface area contributed by atoms with E-state index in [4.69, 9.17) is 5.11 Å². The van der Waals surface area contributed by atoms with Crippen LogP contribution in [0, 0.1) is 0 Å². The van der Waals surface area contributed by atoms with Gasteiger partial charge in [-0.1, -0.05) is 12.1 Å². The molecular weight excluding hydrogens is 974 g/mol. The van der Waals surface area contributed by atoms with Crippen molar-refractivity contribution in [2.45, 2.75) is 88.4 Å². The number of carbonyl (C=O) groups is 1. The van der Waals surface area contributed by atoms with E-state index in [9.17, 15) is 83.8 Å². The number of amides is 1. The highest BCUT2D eigenvalue weighted by Crippen LogP contribution is 2.38. The number of rotatable bonds is 9. The van der Waals surface area contributed by atoms with Crippen LogP contribution in [0.2, 0.25) is 0 Å². The molecule has 0 saturated carbocycles. The zero-order chi connectivity index (χ0) is 50.9. The second kappa shape index (κ2) is 22.9. The number of aliphatic hydroxyl groups excluding tert-OH is 1. The Labute approximate surface area is 376 Å². The topological polar surface area (TPSA) is 93.2 Å². The molecule has 2 aromatic rings. The Bertz CT molecular complexity index is 1860. The van der Waals surface area contributed by atoms with E-state index in [1.54, 1.807) is 17.0 Å². The van der Waals surface area contributed by atoms with Gasteiger partial charge in [0.15, 0.2) is 0 Å². The molecular formula is C39H46F18N6O5. The molecule has 0 radical (unpaired) electrons. The van der Waals surface area contributed by atoms with Crippen LogP contribution in [-0.2, 0) is 17.8 Å². The SMILES string of the molecule is FC(F)(F)Oc1cc(N2CCCC2)ccc1CN1CCNCC1.O=C(OC(C(F)(F)F)C(F)(F)F)N1CCN(Cc2ccc(N3CCCC3)cc2OC(F)(F)F)CC1.OC(C(F)(F)F)C(F)(F)F. The van der Waals surface area contributed by atoms with Crippen LogP contribution in [0.1, 0.15) is 36.8 Å². The fourth-order valence-electron chi connectivity index (χ4n) is 7.25. The Kier molecular flexibility index (Phi) is 18.9. The average molecular weight is 1020 g/mol. The van der Waals surface area contributed by atoms with Gasteiger partial charge in [0.25, 0.3) is 6.10 Å². The summed E-state index contributed by atoms with van der Waals surface area (Å²) in [7, 11) is 0. The molecule has 4 fully saturated rings. The Hall–Kier alpha value is -4.51. The van der Waals surface area contributed by atoms with Gasteiger partial charge in [-0.2, -0.15) is 52.7 Å². The lowest BCUT2D eigenvalue weighted by Crippen LogP contribution is -2.52. The van der Waals surface area contributed by atoms with E-state index >= 15 is 0 Å². The Balaban J connectivity index is 0.000000260. The van der Waals surface area contributed by atoms with Crippen molar-refractivity contribution in [3.8, 4) is 11.5 Å². The fraction of sp³-hybridized carbons (Fsp3) is 0.667. The summed E-state index contributed by atoms with van der Waals surface area (Å²) in [5.74, 6) is -0.470. The van der Waals surface area contributed by atoms with Crippen LogP contribution in [0.3, 0.4) is 0 Å². The third-order valence-corrected chi connectivity index (χ3v) is 10.6. The van der Waals surface area contributed by atoms with E-state index in [0.29, 0.717) is 35.8 Å². The van der Waals surface area contributed by atoms with E-state index in [2.05, 4.69) is 29.3 Å². The number of anilines is 2. The van der Waals surface area contributed by atoms with Gasteiger partial charge in [0.05, 0.1) is 0 Å². The van der Waals surface area contributed by atoms with Crippen LogP contribution >= 0.6 is 0 Å². The minimum absolute atomic E-state index is 0.0167. The lowest BCUT2D eigenvalue weighted by molar-refractivity contribution is -0.309. The van der Waals surface area contributed by atoms with Crippen molar-refractivity contribution in [3.63, 3.8) is 0 Å². The van der Waals surface area contributed by atoms with Crippen molar-refractivity contribution in [2.75, 3.05) is 88.3 Å². The van der Waals surface area contributed by atoms with Crippen molar-refractivity contribution in [3.05, 3.63) is 47.5 Å². The van der Waals surface area contributed by atoms with E-state index in [0.717, 1.165) is 70.6 Å². The summed E-state index contributed by atoms with van der Waals surface area (Å²) in [5, 5.41) is 10.7. The van der Waals surface area contributed by atoms with Crippen LogP contribution in [0.25, 0.3) is 0 Å². The molecule has 2 aromatic carbocycles. The second-order valence-corrected chi connectivity index (χ2v) is 15.7. The molecule has 0 atom stereocenters. The maximum Gasteiger partial charge on any atom is 0.573 e. The second-order valence-electron chi connectivity index (χ2n) is 15.7. The van der Waals surface area contributed by atoms with Crippen molar-refractivity contribution >= 4 is 17.5 Å². The van der Waals surface area contributed by atoms with Gasteiger partial charge in [0, 0.05) is 126 Å². The van der Waals surface area contributed by atoms with Gasteiger partial charge >= 0.3 is 43.5 Å². The van der Waals surface area contributed by atoms with Gasteiger partial charge in [-0.25, -0.2) is 4.79 Å². The van der Waals surface area contributed by atoms with Crippen LogP contribution in [0.15, 0.2) is 36.4 Å². The summed E-state index contributed by atoms with van der Waals surface area (Å²) in [6.07, 6.45) is -38.8. The van der Waals surface area contributed by atoms with Crippen molar-refractivity contribution in [1.82, 2.24) is 20.0 Å². The highest BCUT2D eigenvalue weighted by Gasteiger charge is 2.60. The average Bonchev–Trinajstić information content (AvgIpc) is 3.96. The van der Waals surface area contributed by atoms with Crippen molar-refractivity contribution < 1.29 is 103 Å². The maximum atomic E-state index is 13.0. The number of carbonyl (C=O) groups excluding carboxylic acids is 1. The monoisotopic (exact) mass is 1020 g/mol. The van der Waals surface area contributed by atoms with E-state index in [-0.39, 0.29) is 44.0 Å². The standard InChI is InChI=1S/C20H22F9N3O3.C16H22F3N3O.C3H2F6O/c21-18(22,23)16(19(24,25)26)34-17(33)32-9-7-30(8-10-32)12-13-3-4-14(31-5-1-2-6-31)11-15(13)35-20(27,28)29;17-16(18,19)23-15-11-14(22-7-1-2-8-22)4-3-13(15)12-21-9-5-20-6-10-21;4-2(5,6)1(10)3(7,8)9/h3-4,11,16H,1-2,5-10,12H2;3-4,11,20H,1-2,5-10,12H2;1,10H. The fourth-order valence-corrected chi connectivity index (χ4v) is 7.25. The van der Waals surface area contributed by atoms with Gasteiger partial charge in [-0.05, 0) is 37.8 Å². The predicted octanol–water partition coefficient (Wildman–Crippen LogP) is 9.00. The first-order valence-electron chi connectivity index (χ1n) is 20.6. The molecule has 1 amide bonds. The summed E-state index contributed by atoms with van der Waals surface area (Å²) in [6, 6.07) is 9.65.